The maximum absolute atomic E-state index is 13.5. The number of benzene rings is 1. The van der Waals surface area contributed by atoms with E-state index in [1.54, 1.807) is 6.07 Å². The molecule has 0 saturated heterocycles. The molecule has 0 aromatic heterocycles. The minimum Gasteiger partial charge on any atom is -0.389 e. The lowest BCUT2D eigenvalue weighted by atomic mass is 9.71. The SMILES string of the molecule is CC(NCC1(O)CCC(C)(C)CC1)c1ccc(Cl)c(F)c1. The Balaban J connectivity index is 1.91. The van der Waals surface area contributed by atoms with Gasteiger partial charge in [-0.15, -0.1) is 0 Å². The van der Waals surface area contributed by atoms with Crippen molar-refractivity contribution in [3.05, 3.63) is 34.6 Å². The van der Waals surface area contributed by atoms with Gasteiger partial charge in [0.1, 0.15) is 5.82 Å². The average molecular weight is 314 g/mol. The van der Waals surface area contributed by atoms with Gasteiger partial charge in [0.2, 0.25) is 0 Å². The van der Waals surface area contributed by atoms with Gasteiger partial charge in [0.05, 0.1) is 10.6 Å². The van der Waals surface area contributed by atoms with Crippen LogP contribution in [-0.2, 0) is 0 Å². The Labute approximate surface area is 131 Å². The first kappa shape index (κ1) is 16.7. The second kappa shape index (κ2) is 6.23. The highest BCUT2D eigenvalue weighted by Gasteiger charge is 2.36. The van der Waals surface area contributed by atoms with E-state index in [0.717, 1.165) is 31.2 Å². The van der Waals surface area contributed by atoms with E-state index in [2.05, 4.69) is 19.2 Å². The van der Waals surface area contributed by atoms with Crippen LogP contribution in [0.5, 0.6) is 0 Å². The molecule has 1 fully saturated rings. The van der Waals surface area contributed by atoms with Crippen molar-refractivity contribution in [3.63, 3.8) is 0 Å². The summed E-state index contributed by atoms with van der Waals surface area (Å²) in [5.74, 6) is -0.402. The molecule has 1 aromatic rings. The van der Waals surface area contributed by atoms with Crippen molar-refractivity contribution < 1.29 is 9.50 Å². The minimum absolute atomic E-state index is 0.0178. The molecule has 0 bridgehead atoms. The Hall–Kier alpha value is -0.640. The topological polar surface area (TPSA) is 32.3 Å². The van der Waals surface area contributed by atoms with E-state index in [1.165, 1.54) is 6.07 Å². The second-order valence-electron chi connectivity index (χ2n) is 7.16. The van der Waals surface area contributed by atoms with Crippen LogP contribution in [0.1, 0.15) is 58.1 Å². The predicted octanol–water partition coefficient (Wildman–Crippen LogP) is 4.46. The second-order valence-corrected chi connectivity index (χ2v) is 7.57. The van der Waals surface area contributed by atoms with E-state index in [1.807, 2.05) is 13.0 Å². The van der Waals surface area contributed by atoms with Crippen molar-refractivity contribution >= 4 is 11.6 Å². The summed E-state index contributed by atoms with van der Waals surface area (Å²) in [6.45, 7) is 7.01. The molecule has 118 valence electrons. The van der Waals surface area contributed by atoms with Crippen LogP contribution in [0.15, 0.2) is 18.2 Å². The molecule has 0 spiro atoms. The third-order valence-corrected chi connectivity index (χ3v) is 5.02. The Bertz CT molecular complexity index is 494. The summed E-state index contributed by atoms with van der Waals surface area (Å²) >= 11 is 5.70. The number of nitrogens with one attached hydrogen (secondary N) is 1. The van der Waals surface area contributed by atoms with Crippen molar-refractivity contribution in [3.8, 4) is 0 Å². The molecular weight excluding hydrogens is 289 g/mol. The third kappa shape index (κ3) is 4.41. The van der Waals surface area contributed by atoms with Crippen LogP contribution < -0.4 is 5.32 Å². The summed E-state index contributed by atoms with van der Waals surface area (Å²) in [5.41, 5.74) is 0.531. The van der Waals surface area contributed by atoms with Gasteiger partial charge in [0, 0.05) is 12.6 Å². The lowest BCUT2D eigenvalue weighted by Gasteiger charge is -2.40. The van der Waals surface area contributed by atoms with Gasteiger partial charge in [-0.05, 0) is 55.7 Å². The van der Waals surface area contributed by atoms with Crippen molar-refractivity contribution in [1.29, 1.82) is 0 Å². The van der Waals surface area contributed by atoms with Crippen molar-refractivity contribution in [2.24, 2.45) is 5.41 Å². The van der Waals surface area contributed by atoms with Gasteiger partial charge in [0.25, 0.3) is 0 Å². The molecule has 21 heavy (non-hydrogen) atoms. The van der Waals surface area contributed by atoms with Crippen LogP contribution in [-0.4, -0.2) is 17.3 Å². The standard InChI is InChI=1S/C17H25ClFNO/c1-12(13-4-5-14(18)15(19)10-13)20-11-17(21)8-6-16(2,3)7-9-17/h4-5,10,12,20-21H,6-9,11H2,1-3H3. The minimum atomic E-state index is -0.644. The van der Waals surface area contributed by atoms with E-state index >= 15 is 0 Å². The summed E-state index contributed by atoms with van der Waals surface area (Å²) in [6.07, 6.45) is 3.70. The molecule has 1 unspecified atom stereocenters. The van der Waals surface area contributed by atoms with E-state index < -0.39 is 11.4 Å². The van der Waals surface area contributed by atoms with E-state index in [-0.39, 0.29) is 11.1 Å². The first-order valence-electron chi connectivity index (χ1n) is 7.62. The summed E-state index contributed by atoms with van der Waals surface area (Å²) < 4.78 is 13.5. The predicted molar refractivity (Wildman–Crippen MR) is 85.0 cm³/mol. The van der Waals surface area contributed by atoms with Crippen LogP contribution in [0.2, 0.25) is 5.02 Å². The highest BCUT2D eigenvalue weighted by atomic mass is 35.5. The van der Waals surface area contributed by atoms with E-state index in [4.69, 9.17) is 11.6 Å². The zero-order valence-electron chi connectivity index (χ0n) is 13.0. The van der Waals surface area contributed by atoms with Gasteiger partial charge in [-0.2, -0.15) is 0 Å². The molecule has 2 N–H and O–H groups in total. The first-order chi connectivity index (χ1) is 9.71. The molecule has 0 amide bonds. The Morgan fingerprint density at radius 2 is 1.90 bits per heavy atom. The van der Waals surface area contributed by atoms with Crippen molar-refractivity contribution in [2.45, 2.75) is 58.1 Å². The van der Waals surface area contributed by atoms with Gasteiger partial charge in [-0.3, -0.25) is 0 Å². The number of hydrogen-bond donors (Lipinski definition) is 2. The molecule has 1 saturated carbocycles. The fraction of sp³-hybridized carbons (Fsp3) is 0.647. The lowest BCUT2D eigenvalue weighted by molar-refractivity contribution is -0.0258. The number of hydrogen-bond acceptors (Lipinski definition) is 2. The Kier molecular flexibility index (Phi) is 4.96. The van der Waals surface area contributed by atoms with Gasteiger partial charge in [-0.1, -0.05) is 31.5 Å². The molecule has 0 aliphatic heterocycles. The molecule has 1 aliphatic carbocycles. The largest absolute Gasteiger partial charge is 0.389 e. The summed E-state index contributed by atoms with van der Waals surface area (Å²) in [7, 11) is 0. The number of rotatable bonds is 4. The smallest absolute Gasteiger partial charge is 0.142 e. The quantitative estimate of drug-likeness (QED) is 0.860. The zero-order chi connectivity index (χ0) is 15.7. The Morgan fingerprint density at radius 1 is 1.29 bits per heavy atom. The summed E-state index contributed by atoms with van der Waals surface area (Å²) in [6, 6.07) is 4.82. The normalized spacial score (nSPS) is 22.0. The average Bonchev–Trinajstić information content (AvgIpc) is 2.43. The maximum atomic E-state index is 13.5. The van der Waals surface area contributed by atoms with Crippen LogP contribution in [0.3, 0.4) is 0 Å². The number of aliphatic hydroxyl groups is 1. The fourth-order valence-electron chi connectivity index (χ4n) is 2.81. The Morgan fingerprint density at radius 3 is 2.48 bits per heavy atom. The van der Waals surface area contributed by atoms with Crippen LogP contribution in [0.4, 0.5) is 4.39 Å². The molecular formula is C17H25ClFNO. The van der Waals surface area contributed by atoms with Crippen molar-refractivity contribution in [1.82, 2.24) is 5.32 Å². The van der Waals surface area contributed by atoms with E-state index in [9.17, 15) is 9.50 Å². The molecule has 4 heteroatoms. The fourth-order valence-corrected chi connectivity index (χ4v) is 2.93. The summed E-state index contributed by atoms with van der Waals surface area (Å²) in [4.78, 5) is 0. The first-order valence-corrected chi connectivity index (χ1v) is 7.99. The van der Waals surface area contributed by atoms with Crippen LogP contribution >= 0.6 is 11.6 Å². The van der Waals surface area contributed by atoms with Crippen LogP contribution in [0.25, 0.3) is 0 Å². The summed E-state index contributed by atoms with van der Waals surface area (Å²) in [5, 5.41) is 14.1. The zero-order valence-corrected chi connectivity index (χ0v) is 13.8. The van der Waals surface area contributed by atoms with Crippen LogP contribution in [0, 0.1) is 11.2 Å². The lowest BCUT2D eigenvalue weighted by Crippen LogP contribution is -2.45. The van der Waals surface area contributed by atoms with Gasteiger partial charge < -0.3 is 10.4 Å². The van der Waals surface area contributed by atoms with Gasteiger partial charge in [-0.25, -0.2) is 4.39 Å². The highest BCUT2D eigenvalue weighted by molar-refractivity contribution is 6.30. The highest BCUT2D eigenvalue weighted by Crippen LogP contribution is 2.40. The monoisotopic (exact) mass is 313 g/mol. The molecule has 1 aliphatic rings. The van der Waals surface area contributed by atoms with Crippen molar-refractivity contribution in [2.75, 3.05) is 6.54 Å². The molecule has 2 rings (SSSR count). The van der Waals surface area contributed by atoms with E-state index in [0.29, 0.717) is 12.0 Å². The van der Waals surface area contributed by atoms with Gasteiger partial charge >= 0.3 is 0 Å². The molecule has 0 heterocycles. The maximum Gasteiger partial charge on any atom is 0.142 e. The molecule has 2 nitrogen and oxygen atoms in total. The molecule has 1 atom stereocenters. The third-order valence-electron chi connectivity index (χ3n) is 4.72. The molecule has 1 aromatic carbocycles. The number of halogens is 2. The van der Waals surface area contributed by atoms with Gasteiger partial charge in [0.15, 0.2) is 0 Å². The molecule has 0 radical (unpaired) electrons.